The molecule has 2 aromatic heterocycles. The van der Waals surface area contributed by atoms with Crippen LogP contribution in [0, 0.1) is 13.8 Å². The summed E-state index contributed by atoms with van der Waals surface area (Å²) in [6.45, 7) is 3.45. The van der Waals surface area contributed by atoms with Gasteiger partial charge in [-0.05, 0) is 61.9 Å². The first-order valence-electron chi connectivity index (χ1n) is 9.80. The number of carbonyl (C=O) groups is 4. The number of nitrogens with zero attached hydrogens (tertiary/aromatic N) is 2. The molecule has 1 fully saturated rings. The number of hydrogen-bond acceptors (Lipinski definition) is 5. The molecule has 0 spiro atoms. The van der Waals surface area contributed by atoms with Gasteiger partial charge in [0, 0.05) is 17.1 Å². The number of imide groups is 2. The number of halogens is 1. The summed E-state index contributed by atoms with van der Waals surface area (Å²) in [5, 5.41) is 11.7. The topological polar surface area (TPSA) is 122 Å². The Bertz CT molecular complexity index is 1340. The lowest BCUT2D eigenvalue weighted by molar-refractivity contribution is -0.130. The van der Waals surface area contributed by atoms with Gasteiger partial charge in [0.25, 0.3) is 11.8 Å². The Morgan fingerprint density at radius 2 is 1.94 bits per heavy atom. The maximum Gasteiger partial charge on any atom is 0.337 e. The largest absolute Gasteiger partial charge is 0.478 e. The second-order valence-electron chi connectivity index (χ2n) is 7.42. The van der Waals surface area contributed by atoms with Gasteiger partial charge in [0.2, 0.25) is 0 Å². The number of aromatic nitrogens is 1. The molecule has 3 heterocycles. The minimum Gasteiger partial charge on any atom is -0.478 e. The summed E-state index contributed by atoms with van der Waals surface area (Å²) >= 11 is 5.98. The Morgan fingerprint density at radius 1 is 1.18 bits per heavy atom. The number of carboxylic acids is 1. The van der Waals surface area contributed by atoms with Gasteiger partial charge in [-0.3, -0.25) is 19.8 Å². The highest BCUT2D eigenvalue weighted by molar-refractivity contribution is 6.33. The van der Waals surface area contributed by atoms with Crippen LogP contribution in [0.2, 0.25) is 5.02 Å². The molecule has 0 radical (unpaired) electrons. The summed E-state index contributed by atoms with van der Waals surface area (Å²) in [6, 6.07) is 8.79. The van der Waals surface area contributed by atoms with E-state index in [2.05, 4.69) is 5.32 Å². The molecule has 168 valence electrons. The van der Waals surface area contributed by atoms with Gasteiger partial charge in [0.05, 0.1) is 23.4 Å². The molecule has 0 aliphatic carbocycles. The van der Waals surface area contributed by atoms with Gasteiger partial charge >= 0.3 is 12.0 Å². The van der Waals surface area contributed by atoms with Crippen LogP contribution in [0.15, 0.2) is 52.7 Å². The number of amides is 4. The molecule has 0 saturated carbocycles. The fraction of sp³-hybridized carbons (Fsp3) is 0.130. The molecule has 10 heteroatoms. The second kappa shape index (κ2) is 8.44. The molecule has 9 nitrogen and oxygen atoms in total. The zero-order chi connectivity index (χ0) is 23.9. The predicted octanol–water partition coefficient (Wildman–Crippen LogP) is 3.70. The van der Waals surface area contributed by atoms with Crippen LogP contribution in [0.1, 0.15) is 33.1 Å². The third-order valence-electron chi connectivity index (χ3n) is 5.29. The Labute approximate surface area is 192 Å². The highest BCUT2D eigenvalue weighted by atomic mass is 35.5. The average molecular weight is 468 g/mol. The zero-order valence-corrected chi connectivity index (χ0v) is 18.3. The molecular weight excluding hydrogens is 450 g/mol. The SMILES string of the molecule is Cc1cc(C=C2C(=O)NC(=O)N(Cc3ccco3)C2=O)c(C)n1-c1ccc(Cl)c(C(=O)O)c1. The van der Waals surface area contributed by atoms with Crippen LogP contribution in [0.5, 0.6) is 0 Å². The molecular formula is C23H18ClN3O6. The first kappa shape index (κ1) is 22.1. The van der Waals surface area contributed by atoms with Crippen LogP contribution >= 0.6 is 11.6 Å². The molecule has 33 heavy (non-hydrogen) atoms. The number of rotatable bonds is 5. The highest BCUT2D eigenvalue weighted by Crippen LogP contribution is 2.27. The smallest absolute Gasteiger partial charge is 0.337 e. The van der Waals surface area contributed by atoms with Crippen molar-refractivity contribution < 1.29 is 28.7 Å². The minimum atomic E-state index is -1.16. The maximum atomic E-state index is 13.0. The predicted molar refractivity (Wildman–Crippen MR) is 118 cm³/mol. The Morgan fingerprint density at radius 3 is 2.61 bits per heavy atom. The molecule has 4 amide bonds. The molecule has 2 N–H and O–H groups in total. The molecule has 1 saturated heterocycles. The van der Waals surface area contributed by atoms with Crippen LogP contribution in [0.25, 0.3) is 11.8 Å². The summed E-state index contributed by atoms with van der Waals surface area (Å²) in [5.41, 5.74) is 2.27. The fourth-order valence-corrected chi connectivity index (χ4v) is 3.90. The van der Waals surface area contributed by atoms with Crippen molar-refractivity contribution in [3.05, 3.63) is 81.5 Å². The van der Waals surface area contributed by atoms with E-state index in [1.54, 1.807) is 42.7 Å². The van der Waals surface area contributed by atoms with Gasteiger partial charge in [-0.25, -0.2) is 9.59 Å². The first-order valence-corrected chi connectivity index (χ1v) is 10.2. The van der Waals surface area contributed by atoms with Crippen molar-refractivity contribution in [1.29, 1.82) is 0 Å². The van der Waals surface area contributed by atoms with Gasteiger partial charge in [-0.1, -0.05) is 11.6 Å². The van der Waals surface area contributed by atoms with Crippen LogP contribution in [0.4, 0.5) is 4.79 Å². The lowest BCUT2D eigenvalue weighted by Gasteiger charge is -2.25. The van der Waals surface area contributed by atoms with Gasteiger partial charge < -0.3 is 14.1 Å². The number of benzene rings is 1. The number of nitrogens with one attached hydrogen (secondary N) is 1. The van der Waals surface area contributed by atoms with Gasteiger partial charge in [-0.2, -0.15) is 0 Å². The third kappa shape index (κ3) is 4.06. The van der Waals surface area contributed by atoms with Gasteiger partial charge in [0.15, 0.2) is 0 Å². The van der Waals surface area contributed by atoms with E-state index in [0.29, 0.717) is 22.7 Å². The third-order valence-corrected chi connectivity index (χ3v) is 5.62. The quantitative estimate of drug-likeness (QED) is 0.436. The number of carbonyl (C=O) groups excluding carboxylic acids is 3. The van der Waals surface area contributed by atoms with Crippen molar-refractivity contribution in [2.45, 2.75) is 20.4 Å². The monoisotopic (exact) mass is 467 g/mol. The van der Waals surface area contributed by atoms with E-state index in [1.807, 2.05) is 0 Å². The van der Waals surface area contributed by atoms with Crippen molar-refractivity contribution >= 4 is 41.5 Å². The van der Waals surface area contributed by atoms with E-state index >= 15 is 0 Å². The second-order valence-corrected chi connectivity index (χ2v) is 7.83. The van der Waals surface area contributed by atoms with Crippen molar-refractivity contribution in [1.82, 2.24) is 14.8 Å². The molecule has 4 rings (SSSR count). The van der Waals surface area contributed by atoms with E-state index in [-0.39, 0.29) is 22.7 Å². The molecule has 0 unspecified atom stereocenters. The number of barbiturate groups is 1. The standard InChI is InChI=1S/C23H18ClN3O6/c1-12-8-14(13(2)27(12)15-5-6-19(24)17(10-15)22(30)31)9-18-20(28)25-23(32)26(21(18)29)11-16-4-3-7-33-16/h3-10H,11H2,1-2H3,(H,30,31)(H,25,28,32). The summed E-state index contributed by atoms with van der Waals surface area (Å²) < 4.78 is 6.99. The number of aryl methyl sites for hydroxylation is 1. The van der Waals surface area contributed by atoms with Gasteiger partial charge in [-0.15, -0.1) is 0 Å². The lowest BCUT2D eigenvalue weighted by Crippen LogP contribution is -2.53. The number of urea groups is 1. The highest BCUT2D eigenvalue weighted by Gasteiger charge is 2.36. The molecule has 3 aromatic rings. The molecule has 0 atom stereocenters. The van der Waals surface area contributed by atoms with Crippen molar-refractivity contribution in [3.63, 3.8) is 0 Å². The molecule has 1 aliphatic heterocycles. The van der Waals surface area contributed by atoms with Gasteiger partial charge in [0.1, 0.15) is 11.3 Å². The van der Waals surface area contributed by atoms with E-state index in [1.165, 1.54) is 24.5 Å². The van der Waals surface area contributed by atoms with E-state index in [9.17, 15) is 24.3 Å². The number of furan rings is 1. The zero-order valence-electron chi connectivity index (χ0n) is 17.6. The first-order chi connectivity index (χ1) is 15.7. The average Bonchev–Trinajstić information content (AvgIpc) is 3.36. The van der Waals surface area contributed by atoms with E-state index in [4.69, 9.17) is 16.0 Å². The van der Waals surface area contributed by atoms with Crippen LogP contribution in [-0.2, 0) is 16.1 Å². The maximum absolute atomic E-state index is 13.0. The van der Waals surface area contributed by atoms with Crippen LogP contribution in [-0.4, -0.2) is 38.4 Å². The Balaban J connectivity index is 1.73. The summed E-state index contributed by atoms with van der Waals surface area (Å²) in [6.07, 6.45) is 2.83. The number of hydrogen-bond donors (Lipinski definition) is 2. The molecule has 0 bridgehead atoms. The number of carboxylic acid groups (broad SMARTS) is 1. The minimum absolute atomic E-state index is 0.0458. The number of aromatic carboxylic acids is 1. The van der Waals surface area contributed by atoms with E-state index < -0.39 is 23.8 Å². The lowest BCUT2D eigenvalue weighted by atomic mass is 10.1. The Hall–Kier alpha value is -4.11. The summed E-state index contributed by atoms with van der Waals surface area (Å²) in [4.78, 5) is 50.0. The molecule has 1 aromatic carbocycles. The van der Waals surface area contributed by atoms with Crippen molar-refractivity contribution in [3.8, 4) is 5.69 Å². The van der Waals surface area contributed by atoms with Crippen LogP contribution < -0.4 is 5.32 Å². The Kier molecular flexibility index (Phi) is 5.65. The molecule has 1 aliphatic rings. The van der Waals surface area contributed by atoms with Crippen molar-refractivity contribution in [2.75, 3.05) is 0 Å². The van der Waals surface area contributed by atoms with Crippen molar-refractivity contribution in [2.24, 2.45) is 0 Å². The summed E-state index contributed by atoms with van der Waals surface area (Å²) in [7, 11) is 0. The summed E-state index contributed by atoms with van der Waals surface area (Å²) in [5.74, 6) is -2.31. The van der Waals surface area contributed by atoms with Crippen LogP contribution in [0.3, 0.4) is 0 Å². The van der Waals surface area contributed by atoms with E-state index in [0.717, 1.165) is 10.6 Å². The normalized spacial score (nSPS) is 15.3. The fourth-order valence-electron chi connectivity index (χ4n) is 3.70.